The van der Waals surface area contributed by atoms with Gasteiger partial charge in [-0.05, 0) is 19.1 Å². The van der Waals surface area contributed by atoms with Crippen LogP contribution >= 0.6 is 0 Å². The molecule has 6 N–H and O–H groups in total. The molecule has 8 nitrogen and oxygen atoms in total. The number of para-hydroxylation sites is 1. The molecular formula is C14H19AsN2O6. The van der Waals surface area contributed by atoms with Crippen molar-refractivity contribution in [1.29, 1.82) is 0 Å². The van der Waals surface area contributed by atoms with Gasteiger partial charge in [-0.3, -0.25) is 0 Å². The number of carbonyl (C=O) groups excluding carboxylic acids is 1. The van der Waals surface area contributed by atoms with Crippen molar-refractivity contribution >= 4 is 30.1 Å². The van der Waals surface area contributed by atoms with Gasteiger partial charge >= 0.3 is 88.1 Å². The predicted octanol–water partition coefficient (Wildman–Crippen LogP) is 0.211. The average Bonchev–Trinajstić information content (AvgIpc) is 2.94. The largest absolute Gasteiger partial charge is 0.468 e. The van der Waals surface area contributed by atoms with E-state index in [-0.39, 0.29) is 11.7 Å². The Balaban J connectivity index is 0.000000277. The molecule has 0 fully saturated rings. The molecule has 126 valence electrons. The molecule has 1 amide bonds. The van der Waals surface area contributed by atoms with Gasteiger partial charge in [-0.2, -0.15) is 0 Å². The maximum Gasteiger partial charge on any atom is 0.120 e. The molecule has 1 unspecified atom stereocenters. The summed E-state index contributed by atoms with van der Waals surface area (Å²) in [6.07, 6.45) is 1.62. The van der Waals surface area contributed by atoms with E-state index in [1.165, 1.54) is 19.1 Å². The smallest absolute Gasteiger partial charge is 0.120 e. The molecular weight excluding hydrogens is 367 g/mol. The molecule has 0 aliphatic rings. The molecule has 9 heteroatoms. The summed E-state index contributed by atoms with van der Waals surface area (Å²) in [4.78, 5) is 10.7. The predicted molar refractivity (Wildman–Crippen MR) is 84.2 cm³/mol. The van der Waals surface area contributed by atoms with E-state index in [0.29, 0.717) is 0 Å². The first-order chi connectivity index (χ1) is 10.6. The zero-order chi connectivity index (χ0) is 17.6. The average molecular weight is 386 g/mol. The summed E-state index contributed by atoms with van der Waals surface area (Å²) in [6, 6.07) is 7.54. The number of amides is 1. The van der Waals surface area contributed by atoms with Crippen LogP contribution < -0.4 is 15.4 Å². The van der Waals surface area contributed by atoms with Gasteiger partial charge in [0.2, 0.25) is 0 Å². The molecule has 23 heavy (non-hydrogen) atoms. The van der Waals surface area contributed by atoms with E-state index in [1.807, 2.05) is 19.1 Å². The summed E-state index contributed by atoms with van der Waals surface area (Å²) in [5.74, 6) is -0.175. The minimum atomic E-state index is -5.15. The van der Waals surface area contributed by atoms with Crippen molar-refractivity contribution in [2.45, 2.75) is 19.9 Å². The Hall–Kier alpha value is -1.99. The van der Waals surface area contributed by atoms with Crippen molar-refractivity contribution < 1.29 is 26.2 Å². The van der Waals surface area contributed by atoms with E-state index in [9.17, 15) is 13.6 Å². The molecule has 1 aromatic carbocycles. The molecule has 0 radical (unpaired) electrons. The van der Waals surface area contributed by atoms with Crippen molar-refractivity contribution in [3.8, 4) is 5.75 Å². The Labute approximate surface area is 135 Å². The van der Waals surface area contributed by atoms with Gasteiger partial charge in [0.15, 0.2) is 0 Å². The van der Waals surface area contributed by atoms with E-state index < -0.39 is 30.2 Å². The maximum atomic E-state index is 11.0. The van der Waals surface area contributed by atoms with Gasteiger partial charge in [-0.15, -0.1) is 0 Å². The first kappa shape index (κ1) is 19.1. The van der Waals surface area contributed by atoms with E-state index in [2.05, 4.69) is 5.32 Å². The minimum absolute atomic E-state index is 0.00951. The minimum Gasteiger partial charge on any atom is -0.468 e. The molecule has 1 aromatic heterocycles. The van der Waals surface area contributed by atoms with Crippen LogP contribution in [0.1, 0.15) is 25.6 Å². The van der Waals surface area contributed by atoms with Crippen LogP contribution in [-0.4, -0.2) is 33.4 Å². The Morgan fingerprint density at radius 3 is 2.35 bits per heavy atom. The van der Waals surface area contributed by atoms with Crippen molar-refractivity contribution in [1.82, 2.24) is 0 Å². The first-order valence-corrected chi connectivity index (χ1v) is 9.96. The molecule has 2 aromatic rings. The molecule has 0 saturated carbocycles. The second-order valence-corrected chi connectivity index (χ2v) is 8.00. The summed E-state index contributed by atoms with van der Waals surface area (Å²) >= 11 is -5.15. The van der Waals surface area contributed by atoms with E-state index in [0.717, 1.165) is 11.8 Å². The maximum absolute atomic E-state index is 11.0. The van der Waals surface area contributed by atoms with Gasteiger partial charge in [0.1, 0.15) is 5.76 Å². The molecule has 0 bridgehead atoms. The summed E-state index contributed by atoms with van der Waals surface area (Å²) in [5, 5.41) is 11.7. The number of aromatic hydroxyl groups is 1. The fraction of sp³-hybridized carbons (Fsp3) is 0.214. The third kappa shape index (κ3) is 5.96. The zero-order valence-electron chi connectivity index (χ0n) is 12.6. The van der Waals surface area contributed by atoms with Crippen LogP contribution in [0.5, 0.6) is 5.75 Å². The Bertz CT molecular complexity index is 693. The van der Waals surface area contributed by atoms with E-state index >= 15 is 0 Å². The number of nitrogens with one attached hydrogen (secondary N) is 1. The Morgan fingerprint density at radius 2 is 1.96 bits per heavy atom. The van der Waals surface area contributed by atoms with Crippen LogP contribution in [-0.2, 0) is 8.53 Å². The summed E-state index contributed by atoms with van der Waals surface area (Å²) in [7, 11) is 0. The van der Waals surface area contributed by atoms with Crippen LogP contribution in [0, 0.1) is 0 Å². The van der Waals surface area contributed by atoms with Crippen LogP contribution in [0.15, 0.2) is 41.0 Å². The normalized spacial score (nSPS) is 12.0. The number of rotatable bonds is 3. The third-order valence-corrected chi connectivity index (χ3v) is 4.71. The summed E-state index contributed by atoms with van der Waals surface area (Å²) < 4.78 is 33.4. The molecule has 0 spiro atoms. The van der Waals surface area contributed by atoms with E-state index in [1.54, 1.807) is 6.26 Å². The van der Waals surface area contributed by atoms with Crippen molar-refractivity contribution in [2.75, 3.05) is 5.32 Å². The van der Waals surface area contributed by atoms with Gasteiger partial charge in [0, 0.05) is 0 Å². The second-order valence-electron chi connectivity index (χ2n) is 4.70. The molecule has 0 aliphatic heterocycles. The fourth-order valence-electron chi connectivity index (χ4n) is 1.61. The number of hydrogen-bond donors (Lipinski definition) is 5. The molecule has 1 heterocycles. The standard InChI is InChI=1S/C8H10AsNO5.C6H9NO/c1-5(11)10-7-4-2-3-6(8(7)12)9(13,14)15;1-5(7)6-3-2-4-8-6/h2-4,12H,1H3,(H,10,11)(H2,13,14,15);2-5H,7H2,1H3. The fourth-order valence-corrected chi connectivity index (χ4v) is 3.03. The number of phenolic OH excluding ortho intramolecular Hbond substituents is 1. The monoisotopic (exact) mass is 386 g/mol. The number of phenols is 1. The number of hydrogen-bond acceptors (Lipinski definition) is 5. The molecule has 1 atom stereocenters. The van der Waals surface area contributed by atoms with Crippen LogP contribution in [0.2, 0.25) is 0 Å². The van der Waals surface area contributed by atoms with Gasteiger partial charge in [-0.25, -0.2) is 0 Å². The van der Waals surface area contributed by atoms with Gasteiger partial charge in [-0.1, -0.05) is 0 Å². The topological polar surface area (TPSA) is 146 Å². The number of carbonyl (C=O) groups is 1. The van der Waals surface area contributed by atoms with Gasteiger partial charge < -0.3 is 10.2 Å². The Morgan fingerprint density at radius 1 is 1.30 bits per heavy atom. The van der Waals surface area contributed by atoms with Crippen LogP contribution in [0.25, 0.3) is 0 Å². The third-order valence-electron chi connectivity index (χ3n) is 2.63. The number of benzene rings is 1. The van der Waals surface area contributed by atoms with Gasteiger partial charge in [0.25, 0.3) is 0 Å². The quantitative estimate of drug-likeness (QED) is 0.374. The number of nitrogens with two attached hydrogens (primary N) is 1. The van der Waals surface area contributed by atoms with Gasteiger partial charge in [0.05, 0.1) is 12.3 Å². The first-order valence-electron chi connectivity index (χ1n) is 6.57. The van der Waals surface area contributed by atoms with E-state index in [4.69, 9.17) is 18.3 Å². The van der Waals surface area contributed by atoms with Crippen molar-refractivity contribution in [2.24, 2.45) is 5.73 Å². The molecule has 2 rings (SSSR count). The van der Waals surface area contributed by atoms with Crippen molar-refractivity contribution in [3.63, 3.8) is 0 Å². The molecule has 0 saturated heterocycles. The summed E-state index contributed by atoms with van der Waals surface area (Å²) in [6.45, 7) is 3.12. The number of anilines is 1. The Kier molecular flexibility index (Phi) is 6.65. The number of furan rings is 1. The van der Waals surface area contributed by atoms with Crippen LogP contribution in [0.3, 0.4) is 0 Å². The molecule has 0 aliphatic carbocycles. The SMILES string of the molecule is CC(=O)Nc1cccc([As](=O)(O)O)c1O.CC(N)c1ccco1. The summed E-state index contributed by atoms with van der Waals surface area (Å²) in [5.41, 5.74) is 5.45. The zero-order valence-corrected chi connectivity index (χ0v) is 14.5. The van der Waals surface area contributed by atoms with Crippen LogP contribution in [0.4, 0.5) is 5.69 Å². The second kappa shape index (κ2) is 8.03. The van der Waals surface area contributed by atoms with Crippen molar-refractivity contribution in [3.05, 3.63) is 42.4 Å².